The number of benzene rings is 2. The molecule has 1 amide bonds. The lowest BCUT2D eigenvalue weighted by molar-refractivity contribution is -0.937. The maximum atomic E-state index is 13.3. The molecule has 1 fully saturated rings. The lowest BCUT2D eigenvalue weighted by Gasteiger charge is -2.32. The summed E-state index contributed by atoms with van der Waals surface area (Å²) < 4.78 is 18.8. The first kappa shape index (κ1) is 18.9. The molecular weight excluding hydrogens is 351 g/mol. The first-order valence-corrected chi connectivity index (χ1v) is 10.0. The van der Waals surface area contributed by atoms with Crippen LogP contribution < -0.4 is 10.2 Å². The third-order valence-corrected chi connectivity index (χ3v) is 5.51. The van der Waals surface area contributed by atoms with Crippen LogP contribution >= 0.6 is 11.8 Å². The molecule has 0 spiro atoms. The van der Waals surface area contributed by atoms with Gasteiger partial charge in [-0.15, -0.1) is 11.8 Å². The van der Waals surface area contributed by atoms with Crippen LogP contribution in [-0.4, -0.2) is 45.0 Å². The minimum absolute atomic E-state index is 0.0740. The second-order valence-corrected chi connectivity index (χ2v) is 7.13. The number of halogens is 1. The number of thioether (sulfide) groups is 1. The topological polar surface area (TPSA) is 42.8 Å². The summed E-state index contributed by atoms with van der Waals surface area (Å²) in [7, 11) is 0. The monoisotopic (exact) mass is 375 g/mol. The highest BCUT2D eigenvalue weighted by molar-refractivity contribution is 7.98. The second-order valence-electron chi connectivity index (χ2n) is 6.29. The van der Waals surface area contributed by atoms with Gasteiger partial charge in [-0.2, -0.15) is 0 Å². The number of carbonyl (C=O) groups excluding carboxylic acids is 1. The second kappa shape index (κ2) is 9.16. The summed E-state index contributed by atoms with van der Waals surface area (Å²) in [6.07, 6.45) is 1.96. The van der Waals surface area contributed by atoms with Crippen LogP contribution in [0, 0.1) is 5.82 Å². The van der Waals surface area contributed by atoms with Crippen LogP contribution in [0.25, 0.3) is 0 Å². The van der Waals surface area contributed by atoms with E-state index in [9.17, 15) is 9.18 Å². The van der Waals surface area contributed by atoms with Crippen molar-refractivity contribution in [2.24, 2.45) is 0 Å². The maximum Gasteiger partial charge on any atom is 0.252 e. The van der Waals surface area contributed by atoms with Crippen molar-refractivity contribution in [3.63, 3.8) is 0 Å². The normalized spacial score (nSPS) is 16.2. The van der Waals surface area contributed by atoms with Crippen molar-refractivity contribution in [2.45, 2.75) is 10.9 Å². The summed E-state index contributed by atoms with van der Waals surface area (Å²) in [6, 6.07) is 14.3. The molecule has 1 saturated heterocycles. The fourth-order valence-corrected chi connectivity index (χ4v) is 3.89. The molecule has 26 heavy (non-hydrogen) atoms. The molecule has 1 atom stereocenters. The Bertz CT molecular complexity index is 733. The molecule has 0 aromatic heterocycles. The van der Waals surface area contributed by atoms with Crippen molar-refractivity contribution in [3.05, 3.63) is 65.5 Å². The van der Waals surface area contributed by atoms with Crippen LogP contribution in [0.5, 0.6) is 0 Å². The van der Waals surface area contributed by atoms with Gasteiger partial charge in [0.2, 0.25) is 0 Å². The molecule has 6 heteroatoms. The third kappa shape index (κ3) is 4.63. The standard InChI is InChI=1S/C20H23FN2O2S/c1-26-19-5-3-2-4-17(19)20(24)22-14-18(23-10-12-25-13-11-23)15-6-8-16(21)9-7-15/h2-9,18H,10-14H2,1H3,(H,22,24)/p+1/t18-/m0/s1. The van der Waals surface area contributed by atoms with Gasteiger partial charge < -0.3 is 15.0 Å². The van der Waals surface area contributed by atoms with Gasteiger partial charge in [-0.3, -0.25) is 4.79 Å². The van der Waals surface area contributed by atoms with Gasteiger partial charge in [-0.05, 0) is 30.5 Å². The SMILES string of the molecule is CSc1ccccc1C(=O)NC[C@@H](c1ccc(F)cc1)[NH+]1CCOCC1. The third-order valence-electron chi connectivity index (χ3n) is 4.72. The fourth-order valence-electron chi connectivity index (χ4n) is 3.30. The summed E-state index contributed by atoms with van der Waals surface area (Å²) in [5.41, 5.74) is 1.72. The molecule has 0 aliphatic carbocycles. The lowest BCUT2D eigenvalue weighted by atomic mass is 10.0. The van der Waals surface area contributed by atoms with Crippen LogP contribution in [0.1, 0.15) is 22.0 Å². The summed E-state index contributed by atoms with van der Waals surface area (Å²) in [5, 5.41) is 3.08. The predicted molar refractivity (Wildman–Crippen MR) is 101 cm³/mol. The largest absolute Gasteiger partial charge is 0.370 e. The van der Waals surface area contributed by atoms with Crippen LogP contribution in [0.3, 0.4) is 0 Å². The van der Waals surface area contributed by atoms with Gasteiger partial charge in [0.05, 0.1) is 25.3 Å². The number of quaternary nitrogens is 1. The first-order valence-electron chi connectivity index (χ1n) is 8.78. The quantitative estimate of drug-likeness (QED) is 0.759. The maximum absolute atomic E-state index is 13.3. The molecule has 0 radical (unpaired) electrons. The zero-order chi connectivity index (χ0) is 18.4. The van der Waals surface area contributed by atoms with E-state index < -0.39 is 0 Å². The molecule has 2 aromatic rings. The van der Waals surface area contributed by atoms with Crippen molar-refractivity contribution in [2.75, 3.05) is 39.1 Å². The molecule has 4 nitrogen and oxygen atoms in total. The van der Waals surface area contributed by atoms with Crippen LogP contribution in [0.15, 0.2) is 53.4 Å². The van der Waals surface area contributed by atoms with E-state index in [0.29, 0.717) is 25.3 Å². The molecule has 1 aliphatic rings. The molecule has 0 saturated carbocycles. The Morgan fingerprint density at radius 3 is 2.58 bits per heavy atom. The van der Waals surface area contributed by atoms with Crippen LogP contribution in [-0.2, 0) is 4.74 Å². The Labute approximate surface area is 157 Å². The van der Waals surface area contributed by atoms with Gasteiger partial charge in [0.15, 0.2) is 0 Å². The molecule has 3 rings (SSSR count). The van der Waals surface area contributed by atoms with Crippen molar-refractivity contribution in [1.82, 2.24) is 5.32 Å². The summed E-state index contributed by atoms with van der Waals surface area (Å²) in [6.45, 7) is 3.66. The molecule has 138 valence electrons. The molecule has 1 aliphatic heterocycles. The molecule has 2 aromatic carbocycles. The number of nitrogens with one attached hydrogen (secondary N) is 2. The van der Waals surface area contributed by atoms with Gasteiger partial charge in [0, 0.05) is 10.5 Å². The first-order chi connectivity index (χ1) is 12.7. The smallest absolute Gasteiger partial charge is 0.252 e. The minimum Gasteiger partial charge on any atom is -0.370 e. The predicted octanol–water partition coefficient (Wildman–Crippen LogP) is 1.93. The number of hydrogen-bond donors (Lipinski definition) is 2. The summed E-state index contributed by atoms with van der Waals surface area (Å²) in [5.74, 6) is -0.322. The van der Waals surface area contributed by atoms with Crippen molar-refractivity contribution in [3.8, 4) is 0 Å². The highest BCUT2D eigenvalue weighted by atomic mass is 32.2. The van der Waals surface area contributed by atoms with E-state index in [4.69, 9.17) is 4.74 Å². The van der Waals surface area contributed by atoms with Crippen molar-refractivity contribution in [1.29, 1.82) is 0 Å². The van der Waals surface area contributed by atoms with Gasteiger partial charge in [-0.25, -0.2) is 4.39 Å². The average molecular weight is 375 g/mol. The van der Waals surface area contributed by atoms with E-state index >= 15 is 0 Å². The van der Waals surface area contributed by atoms with Gasteiger partial charge >= 0.3 is 0 Å². The number of morpholine rings is 1. The van der Waals surface area contributed by atoms with E-state index in [1.807, 2.05) is 42.7 Å². The van der Waals surface area contributed by atoms with Gasteiger partial charge in [0.25, 0.3) is 5.91 Å². The number of ether oxygens (including phenoxy) is 1. The number of hydrogen-bond acceptors (Lipinski definition) is 3. The van der Waals surface area contributed by atoms with E-state index in [0.717, 1.165) is 23.5 Å². The molecular formula is C20H24FN2O2S+. The molecule has 1 heterocycles. The highest BCUT2D eigenvalue weighted by Gasteiger charge is 2.27. The Hall–Kier alpha value is -1.89. The number of rotatable bonds is 6. The van der Waals surface area contributed by atoms with Gasteiger partial charge in [0.1, 0.15) is 24.9 Å². The number of amides is 1. The zero-order valence-electron chi connectivity index (χ0n) is 14.8. The Balaban J connectivity index is 1.75. The zero-order valence-corrected chi connectivity index (χ0v) is 15.7. The average Bonchev–Trinajstić information content (AvgIpc) is 2.70. The highest BCUT2D eigenvalue weighted by Crippen LogP contribution is 2.20. The van der Waals surface area contributed by atoms with E-state index in [1.54, 1.807) is 11.8 Å². The number of carbonyl (C=O) groups is 1. The molecule has 2 N–H and O–H groups in total. The van der Waals surface area contributed by atoms with Crippen molar-refractivity contribution >= 4 is 17.7 Å². The lowest BCUT2D eigenvalue weighted by Crippen LogP contribution is -3.15. The Kier molecular flexibility index (Phi) is 6.66. The minimum atomic E-state index is -0.248. The summed E-state index contributed by atoms with van der Waals surface area (Å²) >= 11 is 1.56. The molecule has 0 bridgehead atoms. The van der Waals surface area contributed by atoms with E-state index in [-0.39, 0.29) is 17.8 Å². The van der Waals surface area contributed by atoms with Crippen molar-refractivity contribution < 1.29 is 18.8 Å². The van der Waals surface area contributed by atoms with Crippen LogP contribution in [0.2, 0.25) is 0 Å². The van der Waals surface area contributed by atoms with E-state index in [1.165, 1.54) is 17.0 Å². The molecule has 0 unspecified atom stereocenters. The van der Waals surface area contributed by atoms with E-state index in [2.05, 4.69) is 5.32 Å². The van der Waals surface area contributed by atoms with Gasteiger partial charge in [-0.1, -0.05) is 24.3 Å². The summed E-state index contributed by atoms with van der Waals surface area (Å²) in [4.78, 5) is 15.0. The Morgan fingerprint density at radius 2 is 1.88 bits per heavy atom. The van der Waals surface area contributed by atoms with Crippen LogP contribution in [0.4, 0.5) is 4.39 Å². The Morgan fingerprint density at radius 1 is 1.19 bits per heavy atom. The fraction of sp³-hybridized carbons (Fsp3) is 0.350.